The lowest BCUT2D eigenvalue weighted by molar-refractivity contribution is -0.109. The average molecular weight is 386 g/mol. The van der Waals surface area contributed by atoms with E-state index in [4.69, 9.17) is 4.79 Å². The summed E-state index contributed by atoms with van der Waals surface area (Å²) >= 11 is 1.84. The first-order valence-electron chi connectivity index (χ1n) is 8.94. The Hall–Kier alpha value is -2.31. The SMILES string of the molecule is CC(C)N1Sc2ccc(-c3c[nH]c4cc(F)ccc34)cc2C1C.CNC=O. The Kier molecular flexibility index (Phi) is 5.87. The van der Waals surface area contributed by atoms with Gasteiger partial charge in [-0.05, 0) is 74.2 Å². The van der Waals surface area contributed by atoms with E-state index in [1.165, 1.54) is 22.1 Å². The zero-order valence-corrected chi connectivity index (χ0v) is 16.7. The van der Waals surface area contributed by atoms with Crippen LogP contribution in [0.2, 0.25) is 0 Å². The van der Waals surface area contributed by atoms with E-state index in [0.717, 1.165) is 16.5 Å². The minimum absolute atomic E-state index is 0.211. The van der Waals surface area contributed by atoms with E-state index >= 15 is 0 Å². The third-order valence-corrected chi connectivity index (χ3v) is 6.14. The molecule has 4 rings (SSSR count). The van der Waals surface area contributed by atoms with Crippen LogP contribution in [0.25, 0.3) is 22.0 Å². The van der Waals surface area contributed by atoms with E-state index in [9.17, 15) is 4.39 Å². The highest BCUT2D eigenvalue weighted by Gasteiger charge is 2.30. The van der Waals surface area contributed by atoms with Crippen molar-refractivity contribution in [2.45, 2.75) is 37.8 Å². The van der Waals surface area contributed by atoms with Gasteiger partial charge in [-0.2, -0.15) is 0 Å². The van der Waals surface area contributed by atoms with Gasteiger partial charge in [-0.25, -0.2) is 8.70 Å². The molecular weight excluding hydrogens is 361 g/mol. The summed E-state index contributed by atoms with van der Waals surface area (Å²) in [5, 5.41) is 3.31. The number of halogens is 1. The van der Waals surface area contributed by atoms with Gasteiger partial charge in [0.2, 0.25) is 6.41 Å². The first-order chi connectivity index (χ1) is 13.0. The molecule has 0 saturated heterocycles. The van der Waals surface area contributed by atoms with Crippen molar-refractivity contribution in [3.63, 3.8) is 0 Å². The zero-order chi connectivity index (χ0) is 19.6. The van der Waals surface area contributed by atoms with Crippen LogP contribution in [-0.4, -0.2) is 28.8 Å². The largest absolute Gasteiger partial charge is 0.362 e. The van der Waals surface area contributed by atoms with Gasteiger partial charge in [0.1, 0.15) is 5.82 Å². The van der Waals surface area contributed by atoms with Crippen LogP contribution in [-0.2, 0) is 4.79 Å². The summed E-state index contributed by atoms with van der Waals surface area (Å²) < 4.78 is 15.8. The fourth-order valence-electron chi connectivity index (χ4n) is 3.35. The predicted molar refractivity (Wildman–Crippen MR) is 110 cm³/mol. The normalized spacial score (nSPS) is 16.1. The molecule has 0 saturated carbocycles. The number of carbonyl (C=O) groups is 1. The van der Waals surface area contributed by atoms with E-state index in [2.05, 4.69) is 53.6 Å². The summed E-state index contributed by atoms with van der Waals surface area (Å²) in [6.45, 7) is 6.71. The van der Waals surface area contributed by atoms with Crippen molar-refractivity contribution >= 4 is 29.3 Å². The Balaban J connectivity index is 0.000000481. The molecule has 1 amide bonds. The average Bonchev–Trinajstić information content (AvgIpc) is 3.22. The molecule has 3 aromatic rings. The van der Waals surface area contributed by atoms with Crippen LogP contribution >= 0.6 is 11.9 Å². The molecule has 0 bridgehead atoms. The van der Waals surface area contributed by atoms with Gasteiger partial charge in [0.05, 0.1) is 0 Å². The first kappa shape index (κ1) is 19.5. The molecular formula is C21H24FN3OS. The van der Waals surface area contributed by atoms with Crippen LogP contribution in [0.4, 0.5) is 4.39 Å². The Morgan fingerprint density at radius 3 is 2.67 bits per heavy atom. The Morgan fingerprint density at radius 2 is 2.00 bits per heavy atom. The maximum atomic E-state index is 13.4. The summed E-state index contributed by atoms with van der Waals surface area (Å²) in [7, 11) is 1.56. The predicted octanol–water partition coefficient (Wildman–Crippen LogP) is 5.13. The van der Waals surface area contributed by atoms with E-state index in [1.54, 1.807) is 13.1 Å². The molecule has 6 heteroatoms. The molecule has 0 fully saturated rings. The second-order valence-corrected chi connectivity index (χ2v) is 7.82. The number of hydrogen-bond acceptors (Lipinski definition) is 3. The quantitative estimate of drug-likeness (QED) is 0.485. The summed E-state index contributed by atoms with van der Waals surface area (Å²) in [5.41, 5.74) is 4.52. The van der Waals surface area contributed by atoms with E-state index in [0.29, 0.717) is 18.5 Å². The van der Waals surface area contributed by atoms with E-state index in [-0.39, 0.29) is 5.82 Å². The van der Waals surface area contributed by atoms with Crippen LogP contribution in [0, 0.1) is 5.82 Å². The number of benzene rings is 2. The van der Waals surface area contributed by atoms with Crippen LogP contribution in [0.15, 0.2) is 47.5 Å². The minimum Gasteiger partial charge on any atom is -0.362 e. The molecule has 2 aromatic carbocycles. The number of rotatable bonds is 3. The highest BCUT2D eigenvalue weighted by Crippen LogP contribution is 2.46. The van der Waals surface area contributed by atoms with E-state index in [1.807, 2.05) is 24.2 Å². The van der Waals surface area contributed by atoms with Crippen molar-refractivity contribution in [2.75, 3.05) is 7.05 Å². The lowest BCUT2D eigenvalue weighted by Gasteiger charge is -2.23. The molecule has 2 N–H and O–H groups in total. The van der Waals surface area contributed by atoms with Crippen molar-refractivity contribution in [3.05, 3.63) is 54.0 Å². The zero-order valence-electron chi connectivity index (χ0n) is 15.9. The number of nitrogens with one attached hydrogen (secondary N) is 2. The van der Waals surface area contributed by atoms with Crippen LogP contribution in [0.3, 0.4) is 0 Å². The number of hydrogen-bond donors (Lipinski definition) is 2. The van der Waals surface area contributed by atoms with Gasteiger partial charge in [-0.1, -0.05) is 6.07 Å². The van der Waals surface area contributed by atoms with Crippen LogP contribution in [0.1, 0.15) is 32.4 Å². The van der Waals surface area contributed by atoms with Gasteiger partial charge >= 0.3 is 0 Å². The Bertz CT molecular complexity index is 954. The number of amides is 1. The fraction of sp³-hybridized carbons (Fsp3) is 0.286. The van der Waals surface area contributed by atoms with E-state index < -0.39 is 0 Å². The van der Waals surface area contributed by atoms with Gasteiger partial charge in [0, 0.05) is 46.7 Å². The maximum Gasteiger partial charge on any atom is 0.206 e. The van der Waals surface area contributed by atoms with Gasteiger partial charge in [-0.3, -0.25) is 4.79 Å². The molecule has 0 radical (unpaired) electrons. The monoisotopic (exact) mass is 385 g/mol. The van der Waals surface area contributed by atoms with Crippen LogP contribution < -0.4 is 5.32 Å². The number of fused-ring (bicyclic) bond motifs is 2. The number of aromatic amines is 1. The van der Waals surface area contributed by atoms with Gasteiger partial charge in [0.25, 0.3) is 0 Å². The third kappa shape index (κ3) is 3.87. The molecule has 1 aliphatic rings. The third-order valence-electron chi connectivity index (χ3n) is 4.63. The molecule has 1 atom stereocenters. The van der Waals surface area contributed by atoms with Crippen molar-refractivity contribution in [1.82, 2.24) is 14.6 Å². The van der Waals surface area contributed by atoms with Crippen molar-refractivity contribution < 1.29 is 9.18 Å². The molecule has 0 spiro atoms. The molecule has 1 aromatic heterocycles. The Morgan fingerprint density at radius 1 is 1.26 bits per heavy atom. The molecule has 142 valence electrons. The number of aromatic nitrogens is 1. The highest BCUT2D eigenvalue weighted by atomic mass is 32.2. The second kappa shape index (κ2) is 8.15. The first-order valence-corrected chi connectivity index (χ1v) is 9.71. The molecule has 4 nitrogen and oxygen atoms in total. The number of nitrogens with zero attached hydrogens (tertiary/aromatic N) is 1. The van der Waals surface area contributed by atoms with Crippen molar-refractivity contribution in [1.29, 1.82) is 0 Å². The lowest BCUT2D eigenvalue weighted by Crippen LogP contribution is -2.22. The summed E-state index contributed by atoms with van der Waals surface area (Å²) in [4.78, 5) is 13.6. The molecule has 0 aliphatic carbocycles. The number of carbonyl (C=O) groups excluding carboxylic acids is 1. The van der Waals surface area contributed by atoms with Crippen molar-refractivity contribution in [3.8, 4) is 11.1 Å². The van der Waals surface area contributed by atoms with Gasteiger partial charge < -0.3 is 10.3 Å². The summed E-state index contributed by atoms with van der Waals surface area (Å²) in [6.07, 6.45) is 2.60. The minimum atomic E-state index is -0.211. The molecule has 2 heterocycles. The fourth-order valence-corrected chi connectivity index (χ4v) is 4.52. The van der Waals surface area contributed by atoms with Gasteiger partial charge in [-0.15, -0.1) is 0 Å². The standard InChI is InChI=1S/C19H19FN2S.C2H5NO/c1-11(2)22-12(3)16-8-13(4-7-19(16)23-22)17-10-21-18-9-14(20)5-6-15(17)18;1-3-2-4/h4-12,21H,1-3H3;2H,1H3,(H,3,4). The maximum absolute atomic E-state index is 13.4. The highest BCUT2D eigenvalue weighted by molar-refractivity contribution is 7.97. The number of H-pyrrole nitrogens is 1. The smallest absolute Gasteiger partial charge is 0.206 e. The summed E-state index contributed by atoms with van der Waals surface area (Å²) in [6, 6.07) is 12.5. The van der Waals surface area contributed by atoms with Gasteiger partial charge in [0.15, 0.2) is 0 Å². The van der Waals surface area contributed by atoms with Crippen molar-refractivity contribution in [2.24, 2.45) is 0 Å². The lowest BCUT2D eigenvalue weighted by atomic mass is 9.99. The molecule has 1 unspecified atom stereocenters. The summed E-state index contributed by atoms with van der Waals surface area (Å²) in [5.74, 6) is -0.211. The molecule has 1 aliphatic heterocycles. The topological polar surface area (TPSA) is 48.1 Å². The van der Waals surface area contributed by atoms with Crippen LogP contribution in [0.5, 0.6) is 0 Å². The second-order valence-electron chi connectivity index (χ2n) is 6.77. The Labute approximate surface area is 163 Å². The molecule has 27 heavy (non-hydrogen) atoms.